The number of nitrogens with zero attached hydrogens (tertiary/aromatic N) is 2. The SMILES string of the molecule is COc1ccc(NC(=O)C[C@@H]2C(=O)N(c3ccc(C)cc3)C(=O)N2CCC(C)C)cc1. The molecule has 0 unspecified atom stereocenters. The second kappa shape index (κ2) is 9.64. The number of hydrogen-bond acceptors (Lipinski definition) is 4. The van der Waals surface area contributed by atoms with Crippen molar-refractivity contribution in [2.45, 2.75) is 39.7 Å². The van der Waals surface area contributed by atoms with Gasteiger partial charge in [-0.25, -0.2) is 9.69 Å². The van der Waals surface area contributed by atoms with Crippen LogP contribution >= 0.6 is 0 Å². The van der Waals surface area contributed by atoms with Gasteiger partial charge in [0.05, 0.1) is 19.2 Å². The first-order valence-electron chi connectivity index (χ1n) is 10.4. The normalized spacial score (nSPS) is 16.2. The van der Waals surface area contributed by atoms with Gasteiger partial charge in [0.1, 0.15) is 11.8 Å². The molecule has 7 nitrogen and oxygen atoms in total. The van der Waals surface area contributed by atoms with Crippen LogP contribution in [0, 0.1) is 12.8 Å². The largest absolute Gasteiger partial charge is 0.497 e. The fraction of sp³-hybridized carbons (Fsp3) is 0.375. The molecule has 0 saturated carbocycles. The van der Waals surface area contributed by atoms with Crippen molar-refractivity contribution < 1.29 is 19.1 Å². The van der Waals surface area contributed by atoms with E-state index in [0.29, 0.717) is 29.6 Å². The molecule has 2 aromatic carbocycles. The minimum absolute atomic E-state index is 0.100. The van der Waals surface area contributed by atoms with Crippen molar-refractivity contribution >= 4 is 29.2 Å². The number of imide groups is 1. The molecule has 3 rings (SSSR count). The van der Waals surface area contributed by atoms with Gasteiger partial charge >= 0.3 is 6.03 Å². The summed E-state index contributed by atoms with van der Waals surface area (Å²) >= 11 is 0. The summed E-state index contributed by atoms with van der Waals surface area (Å²) in [4.78, 5) is 41.7. The molecule has 0 aliphatic carbocycles. The average molecular weight is 424 g/mol. The lowest BCUT2D eigenvalue weighted by Crippen LogP contribution is -2.39. The third kappa shape index (κ3) is 5.23. The third-order valence-corrected chi connectivity index (χ3v) is 5.31. The molecule has 0 bridgehead atoms. The van der Waals surface area contributed by atoms with Gasteiger partial charge < -0.3 is 15.0 Å². The number of rotatable bonds is 8. The maximum Gasteiger partial charge on any atom is 0.332 e. The van der Waals surface area contributed by atoms with Crippen molar-refractivity contribution in [3.8, 4) is 5.75 Å². The van der Waals surface area contributed by atoms with Crippen molar-refractivity contribution in [2.75, 3.05) is 23.9 Å². The molecule has 1 atom stereocenters. The summed E-state index contributed by atoms with van der Waals surface area (Å²) in [6, 6.07) is 13.0. The number of anilines is 2. The van der Waals surface area contributed by atoms with E-state index in [0.717, 1.165) is 12.0 Å². The van der Waals surface area contributed by atoms with Crippen molar-refractivity contribution in [1.29, 1.82) is 0 Å². The van der Waals surface area contributed by atoms with E-state index in [2.05, 4.69) is 19.2 Å². The van der Waals surface area contributed by atoms with Crippen molar-refractivity contribution in [2.24, 2.45) is 5.92 Å². The topological polar surface area (TPSA) is 79.0 Å². The first kappa shape index (κ1) is 22.3. The van der Waals surface area contributed by atoms with Crippen LogP contribution < -0.4 is 15.0 Å². The molecule has 2 aromatic rings. The molecule has 0 aromatic heterocycles. The van der Waals surface area contributed by atoms with Crippen LogP contribution in [0.3, 0.4) is 0 Å². The average Bonchev–Trinajstić information content (AvgIpc) is 2.97. The zero-order valence-corrected chi connectivity index (χ0v) is 18.4. The predicted molar refractivity (Wildman–Crippen MR) is 120 cm³/mol. The van der Waals surface area contributed by atoms with Crippen LogP contribution in [0.5, 0.6) is 5.75 Å². The van der Waals surface area contributed by atoms with E-state index >= 15 is 0 Å². The van der Waals surface area contributed by atoms with E-state index in [4.69, 9.17) is 4.74 Å². The van der Waals surface area contributed by atoms with Gasteiger partial charge in [0, 0.05) is 12.2 Å². The first-order chi connectivity index (χ1) is 14.8. The van der Waals surface area contributed by atoms with Crippen LogP contribution in [0.25, 0.3) is 0 Å². The Morgan fingerprint density at radius 3 is 2.29 bits per heavy atom. The standard InChI is InChI=1S/C24H29N3O4/c1-16(2)13-14-26-21(15-22(28)25-18-7-11-20(31-4)12-8-18)23(29)27(24(26)30)19-9-5-17(3)6-10-19/h5-12,16,21H,13-15H2,1-4H3,(H,25,28)/t21-/m1/s1. The molecular weight excluding hydrogens is 394 g/mol. The fourth-order valence-electron chi connectivity index (χ4n) is 3.48. The zero-order valence-electron chi connectivity index (χ0n) is 18.4. The monoisotopic (exact) mass is 423 g/mol. The molecule has 1 aliphatic rings. The molecule has 4 amide bonds. The number of benzene rings is 2. The number of carbonyl (C=O) groups is 3. The summed E-state index contributed by atoms with van der Waals surface area (Å²) < 4.78 is 5.12. The molecule has 164 valence electrons. The molecule has 7 heteroatoms. The second-order valence-electron chi connectivity index (χ2n) is 8.16. The third-order valence-electron chi connectivity index (χ3n) is 5.31. The summed E-state index contributed by atoms with van der Waals surface area (Å²) in [7, 11) is 1.57. The van der Waals surface area contributed by atoms with Gasteiger partial charge in [-0.15, -0.1) is 0 Å². The molecule has 1 saturated heterocycles. The van der Waals surface area contributed by atoms with Crippen molar-refractivity contribution in [3.05, 3.63) is 54.1 Å². The number of aryl methyl sites for hydroxylation is 1. The van der Waals surface area contributed by atoms with Crippen LogP contribution in [0.15, 0.2) is 48.5 Å². The Morgan fingerprint density at radius 1 is 1.06 bits per heavy atom. The lowest BCUT2D eigenvalue weighted by atomic mass is 10.1. The van der Waals surface area contributed by atoms with Crippen LogP contribution in [0.4, 0.5) is 16.2 Å². The quantitative estimate of drug-likeness (QED) is 0.645. The number of nitrogens with one attached hydrogen (secondary N) is 1. The molecule has 1 aliphatic heterocycles. The van der Waals surface area contributed by atoms with Gasteiger partial charge in [-0.2, -0.15) is 0 Å². The highest BCUT2D eigenvalue weighted by Gasteiger charge is 2.46. The Morgan fingerprint density at radius 2 is 1.71 bits per heavy atom. The smallest absolute Gasteiger partial charge is 0.332 e. The van der Waals surface area contributed by atoms with E-state index < -0.39 is 6.04 Å². The van der Waals surface area contributed by atoms with E-state index in [1.807, 2.05) is 19.1 Å². The Bertz CT molecular complexity index is 938. The number of ether oxygens (including phenoxy) is 1. The summed E-state index contributed by atoms with van der Waals surface area (Å²) in [5.74, 6) is 0.354. The molecule has 0 spiro atoms. The Kier molecular flexibility index (Phi) is 6.95. The predicted octanol–water partition coefficient (Wildman–Crippen LogP) is 4.22. The van der Waals surface area contributed by atoms with E-state index in [1.165, 1.54) is 9.80 Å². The molecule has 0 radical (unpaired) electrons. The van der Waals surface area contributed by atoms with E-state index in [-0.39, 0.29) is 24.3 Å². The minimum atomic E-state index is -0.828. The van der Waals surface area contributed by atoms with Gasteiger partial charge in [0.15, 0.2) is 0 Å². The number of urea groups is 1. The molecule has 31 heavy (non-hydrogen) atoms. The summed E-state index contributed by atoms with van der Waals surface area (Å²) in [5.41, 5.74) is 2.16. The summed E-state index contributed by atoms with van der Waals surface area (Å²) in [5, 5.41) is 2.80. The Balaban J connectivity index is 1.78. The van der Waals surface area contributed by atoms with Gasteiger partial charge in [-0.05, 0) is 55.7 Å². The number of hydrogen-bond donors (Lipinski definition) is 1. The summed E-state index contributed by atoms with van der Waals surface area (Å²) in [6.07, 6.45) is 0.647. The van der Waals surface area contributed by atoms with Crippen LogP contribution in [0.2, 0.25) is 0 Å². The molecule has 1 fully saturated rings. The first-order valence-corrected chi connectivity index (χ1v) is 10.4. The van der Waals surface area contributed by atoms with Gasteiger partial charge in [-0.1, -0.05) is 31.5 Å². The summed E-state index contributed by atoms with van der Waals surface area (Å²) in [6.45, 7) is 6.49. The number of methoxy groups -OCH3 is 1. The molecular formula is C24H29N3O4. The maximum atomic E-state index is 13.2. The Hall–Kier alpha value is -3.35. The highest BCUT2D eigenvalue weighted by Crippen LogP contribution is 2.28. The van der Waals surface area contributed by atoms with E-state index in [1.54, 1.807) is 43.5 Å². The van der Waals surface area contributed by atoms with Crippen molar-refractivity contribution in [1.82, 2.24) is 4.90 Å². The molecule has 1 N–H and O–H groups in total. The lowest BCUT2D eigenvalue weighted by Gasteiger charge is -2.22. The fourth-order valence-corrected chi connectivity index (χ4v) is 3.48. The van der Waals surface area contributed by atoms with Gasteiger partial charge in [0.25, 0.3) is 5.91 Å². The number of carbonyl (C=O) groups excluding carboxylic acids is 3. The maximum absolute atomic E-state index is 13.2. The van der Waals surface area contributed by atoms with Gasteiger partial charge in [0.2, 0.25) is 5.91 Å². The zero-order chi connectivity index (χ0) is 22.5. The highest BCUT2D eigenvalue weighted by molar-refractivity contribution is 6.22. The van der Waals surface area contributed by atoms with Crippen LogP contribution in [-0.2, 0) is 9.59 Å². The van der Waals surface area contributed by atoms with Gasteiger partial charge in [-0.3, -0.25) is 9.59 Å². The highest BCUT2D eigenvalue weighted by atomic mass is 16.5. The van der Waals surface area contributed by atoms with Crippen LogP contribution in [0.1, 0.15) is 32.3 Å². The number of amides is 4. The second-order valence-corrected chi connectivity index (χ2v) is 8.16. The van der Waals surface area contributed by atoms with E-state index in [9.17, 15) is 14.4 Å². The Labute approximate surface area is 183 Å². The lowest BCUT2D eigenvalue weighted by molar-refractivity contribution is -0.124. The molecule has 1 heterocycles. The minimum Gasteiger partial charge on any atom is -0.497 e. The van der Waals surface area contributed by atoms with Crippen LogP contribution in [-0.4, -0.2) is 42.4 Å². The van der Waals surface area contributed by atoms with Crippen molar-refractivity contribution in [3.63, 3.8) is 0 Å².